The van der Waals surface area contributed by atoms with Gasteiger partial charge in [-0.3, -0.25) is 4.79 Å². The Hall–Kier alpha value is -3.89. The molecule has 3 aromatic carbocycles. The van der Waals surface area contributed by atoms with Crippen LogP contribution < -0.4 is 5.43 Å². The van der Waals surface area contributed by atoms with E-state index in [0.29, 0.717) is 34.0 Å². The third-order valence-corrected chi connectivity index (χ3v) is 7.33. The van der Waals surface area contributed by atoms with Crippen molar-refractivity contribution < 1.29 is 12.3 Å². The highest BCUT2D eigenvalue weighted by atomic mass is 32.3. The Labute approximate surface area is 202 Å². The van der Waals surface area contributed by atoms with Crippen molar-refractivity contribution in [3.63, 3.8) is 0 Å². The third kappa shape index (κ3) is 3.62. The van der Waals surface area contributed by atoms with Crippen LogP contribution in [0.5, 0.6) is 0 Å². The number of aromatic nitrogens is 2. The van der Waals surface area contributed by atoms with Gasteiger partial charge in [-0.05, 0) is 65.9 Å². The lowest BCUT2D eigenvalue weighted by Gasteiger charge is -2.18. The molecule has 0 saturated carbocycles. The molecule has 0 aliphatic heterocycles. The zero-order valence-electron chi connectivity index (χ0n) is 19.5. The molecule has 0 aliphatic rings. The van der Waals surface area contributed by atoms with Gasteiger partial charge in [0.1, 0.15) is 5.65 Å². The molecule has 0 radical (unpaired) electrons. The minimum absolute atomic E-state index is 0.0337. The van der Waals surface area contributed by atoms with E-state index in [4.69, 9.17) is 6.42 Å². The molecule has 5 nitrogen and oxygen atoms in total. The van der Waals surface area contributed by atoms with Crippen LogP contribution in [0.2, 0.25) is 0 Å². The number of nitrogens with one attached hydrogen (secondary N) is 1. The first-order chi connectivity index (χ1) is 16.6. The van der Waals surface area contributed by atoms with E-state index < -0.39 is 15.1 Å². The summed E-state index contributed by atoms with van der Waals surface area (Å²) in [6.45, 7) is 6.59. The highest BCUT2D eigenvalue weighted by Crippen LogP contribution is 2.35. The molecule has 2 heterocycles. The number of fused-ring (bicyclic) bond motifs is 4. The molecule has 35 heavy (non-hydrogen) atoms. The number of hydrogen-bond donors (Lipinski definition) is 1. The number of H-pyrrole nitrogens is 1. The highest BCUT2D eigenvalue weighted by Gasteiger charge is 2.20. The molecule has 5 aromatic rings. The molecule has 1 N–H and O–H groups in total. The quantitative estimate of drug-likeness (QED) is 0.247. The van der Waals surface area contributed by atoms with Crippen molar-refractivity contribution in [1.82, 2.24) is 9.55 Å². The average Bonchev–Trinajstić information content (AvgIpc) is 3.21. The van der Waals surface area contributed by atoms with E-state index in [1.807, 2.05) is 55.7 Å². The molecule has 2 aromatic heterocycles. The van der Waals surface area contributed by atoms with Crippen LogP contribution in [-0.2, 0) is 16.8 Å². The molecule has 0 spiro atoms. The Balaban J connectivity index is 1.92. The average molecular weight is 487 g/mol. The van der Waals surface area contributed by atoms with Crippen LogP contribution in [0.4, 0.5) is 3.89 Å². The van der Waals surface area contributed by atoms with Gasteiger partial charge >= 0.3 is 10.2 Å². The van der Waals surface area contributed by atoms with Crippen molar-refractivity contribution in [2.24, 2.45) is 0 Å². The van der Waals surface area contributed by atoms with Gasteiger partial charge in [0.25, 0.3) is 0 Å². The van der Waals surface area contributed by atoms with Gasteiger partial charge in [0, 0.05) is 28.4 Å². The van der Waals surface area contributed by atoms with E-state index in [1.54, 1.807) is 6.07 Å². The summed E-state index contributed by atoms with van der Waals surface area (Å²) in [6.07, 6.45) is 5.56. The van der Waals surface area contributed by atoms with Crippen LogP contribution in [0, 0.1) is 12.3 Å². The number of nitrogens with zero attached hydrogens (tertiary/aromatic N) is 1. The maximum Gasteiger partial charge on any atom is 0.332 e. The minimum atomic E-state index is -4.85. The number of halogens is 1. The van der Waals surface area contributed by atoms with Crippen molar-refractivity contribution in [1.29, 1.82) is 0 Å². The standard InChI is InChI=1S/C28H23FN2O3S/c1-5-17-10-11-20-24(12-17)30-28-26(20)27(32)23-14-21(16(3)4)22(15-25(23)31(28)6-2)18-8-7-9-19(13-18)35(29,33)34/h1,7-16,30H,6H2,2-4H3. The van der Waals surface area contributed by atoms with Crippen LogP contribution >= 0.6 is 0 Å². The number of rotatable bonds is 4. The summed E-state index contributed by atoms with van der Waals surface area (Å²) in [5.41, 5.74) is 5.02. The van der Waals surface area contributed by atoms with Gasteiger partial charge < -0.3 is 9.55 Å². The topological polar surface area (TPSA) is 71.9 Å². The molecule has 0 bridgehead atoms. The lowest BCUT2D eigenvalue weighted by molar-refractivity contribution is 0.552. The molecule has 5 rings (SSSR count). The fraction of sp³-hybridized carbons (Fsp3) is 0.179. The molecular formula is C28H23FN2O3S. The zero-order chi connectivity index (χ0) is 25.1. The first-order valence-corrected chi connectivity index (χ1v) is 12.7. The summed E-state index contributed by atoms with van der Waals surface area (Å²) in [7, 11) is -4.85. The second kappa shape index (κ2) is 8.10. The lowest BCUT2D eigenvalue weighted by Crippen LogP contribution is -2.11. The molecule has 176 valence electrons. The molecule has 0 amide bonds. The summed E-state index contributed by atoms with van der Waals surface area (Å²) in [5, 5.41) is 1.98. The van der Waals surface area contributed by atoms with Crippen molar-refractivity contribution in [3.8, 4) is 23.5 Å². The van der Waals surface area contributed by atoms with E-state index in [9.17, 15) is 17.1 Å². The summed E-state index contributed by atoms with van der Waals surface area (Å²) in [6, 6.07) is 15.2. The molecule has 0 fully saturated rings. The number of terminal acetylenes is 1. The highest BCUT2D eigenvalue weighted by molar-refractivity contribution is 7.86. The molecule has 0 aliphatic carbocycles. The fourth-order valence-electron chi connectivity index (χ4n) is 4.84. The largest absolute Gasteiger partial charge is 0.340 e. The molecular weight excluding hydrogens is 463 g/mol. The molecule has 0 saturated heterocycles. The predicted molar refractivity (Wildman–Crippen MR) is 139 cm³/mol. The van der Waals surface area contributed by atoms with Crippen molar-refractivity contribution in [2.75, 3.05) is 0 Å². The summed E-state index contributed by atoms with van der Waals surface area (Å²) in [5.74, 6) is 2.66. The Morgan fingerprint density at radius 1 is 1.09 bits per heavy atom. The molecule has 0 atom stereocenters. The summed E-state index contributed by atoms with van der Waals surface area (Å²) in [4.78, 5) is 16.8. The van der Waals surface area contributed by atoms with E-state index in [1.165, 1.54) is 18.2 Å². The summed E-state index contributed by atoms with van der Waals surface area (Å²) >= 11 is 0. The maximum atomic E-state index is 13.8. The molecule has 0 unspecified atom stereocenters. The SMILES string of the molecule is C#Cc1ccc2c(c1)[nH]c1c2c(=O)c2cc(C(C)C)c(-c3cccc(S(=O)(=O)F)c3)cc2n1CC. The second-order valence-electron chi connectivity index (χ2n) is 8.90. The number of aromatic amines is 1. The number of aryl methyl sites for hydroxylation is 1. The summed E-state index contributed by atoms with van der Waals surface area (Å²) < 4.78 is 38.9. The van der Waals surface area contributed by atoms with Gasteiger partial charge in [-0.15, -0.1) is 10.3 Å². The van der Waals surface area contributed by atoms with Gasteiger partial charge in [-0.2, -0.15) is 8.42 Å². The van der Waals surface area contributed by atoms with Gasteiger partial charge in [-0.25, -0.2) is 0 Å². The van der Waals surface area contributed by atoms with Gasteiger partial charge in [0.2, 0.25) is 0 Å². The van der Waals surface area contributed by atoms with Crippen LogP contribution in [0.15, 0.2) is 64.3 Å². The first-order valence-electron chi connectivity index (χ1n) is 11.3. The Morgan fingerprint density at radius 2 is 1.86 bits per heavy atom. The van der Waals surface area contributed by atoms with Crippen molar-refractivity contribution >= 4 is 43.1 Å². The van der Waals surface area contributed by atoms with E-state index in [-0.39, 0.29) is 11.3 Å². The normalized spacial score (nSPS) is 12.1. The van der Waals surface area contributed by atoms with Gasteiger partial charge in [0.05, 0.1) is 15.8 Å². The zero-order valence-corrected chi connectivity index (χ0v) is 20.3. The van der Waals surface area contributed by atoms with Gasteiger partial charge in [0.15, 0.2) is 5.43 Å². The van der Waals surface area contributed by atoms with E-state index in [2.05, 4.69) is 10.9 Å². The van der Waals surface area contributed by atoms with E-state index >= 15 is 0 Å². The van der Waals surface area contributed by atoms with Gasteiger partial charge in [-0.1, -0.05) is 38.0 Å². The van der Waals surface area contributed by atoms with Crippen LogP contribution in [0.1, 0.15) is 37.8 Å². The number of benzene rings is 3. The minimum Gasteiger partial charge on any atom is -0.340 e. The van der Waals surface area contributed by atoms with Crippen LogP contribution in [0.3, 0.4) is 0 Å². The Bertz CT molecular complexity index is 1870. The maximum absolute atomic E-state index is 13.8. The third-order valence-electron chi connectivity index (χ3n) is 6.51. The lowest BCUT2D eigenvalue weighted by atomic mass is 9.90. The number of pyridine rings is 1. The predicted octanol–water partition coefficient (Wildman–Crippen LogP) is 6.09. The first kappa shape index (κ1) is 22.9. The second-order valence-corrected chi connectivity index (χ2v) is 10.3. The van der Waals surface area contributed by atoms with Crippen LogP contribution in [-0.4, -0.2) is 18.0 Å². The fourth-order valence-corrected chi connectivity index (χ4v) is 5.35. The Kier molecular flexibility index (Phi) is 5.30. The monoisotopic (exact) mass is 486 g/mol. The van der Waals surface area contributed by atoms with E-state index in [0.717, 1.165) is 27.6 Å². The van der Waals surface area contributed by atoms with Crippen LogP contribution in [0.25, 0.3) is 44.0 Å². The smallest absolute Gasteiger partial charge is 0.332 e. The Morgan fingerprint density at radius 3 is 2.51 bits per heavy atom. The van der Waals surface area contributed by atoms with Crippen molar-refractivity contribution in [3.05, 3.63) is 75.9 Å². The van der Waals surface area contributed by atoms with Crippen molar-refractivity contribution in [2.45, 2.75) is 38.1 Å². The number of hydrogen-bond acceptors (Lipinski definition) is 3. The molecule has 7 heteroatoms.